The maximum Gasteiger partial charge on any atom is 0.270 e. The fourth-order valence-corrected chi connectivity index (χ4v) is 5.02. The molecule has 4 rings (SSSR count). The van der Waals surface area contributed by atoms with Gasteiger partial charge in [0.25, 0.3) is 11.8 Å². The second kappa shape index (κ2) is 12.5. The highest BCUT2D eigenvalue weighted by atomic mass is 35.5. The summed E-state index contributed by atoms with van der Waals surface area (Å²) in [5.41, 5.74) is 1.42. The Hall–Kier alpha value is -3.59. The molecule has 10 heteroatoms. The van der Waals surface area contributed by atoms with Gasteiger partial charge < -0.3 is 24.8 Å². The molecule has 8 nitrogen and oxygen atoms in total. The summed E-state index contributed by atoms with van der Waals surface area (Å²) in [5, 5.41) is 6.94. The van der Waals surface area contributed by atoms with E-state index in [-0.39, 0.29) is 48.7 Å². The lowest BCUT2D eigenvalue weighted by molar-refractivity contribution is -0.122. The maximum absolute atomic E-state index is 13.8. The van der Waals surface area contributed by atoms with Crippen molar-refractivity contribution in [3.8, 4) is 5.75 Å². The number of carbonyl (C=O) groups is 3. The van der Waals surface area contributed by atoms with Crippen LogP contribution in [0.1, 0.15) is 54.0 Å². The molecule has 0 radical (unpaired) electrons. The summed E-state index contributed by atoms with van der Waals surface area (Å²) in [4.78, 5) is 41.2. The minimum absolute atomic E-state index is 0.137. The van der Waals surface area contributed by atoms with Crippen LogP contribution in [0.15, 0.2) is 42.5 Å². The molecule has 0 bridgehead atoms. The van der Waals surface area contributed by atoms with Crippen molar-refractivity contribution >= 4 is 40.2 Å². The molecule has 39 heavy (non-hydrogen) atoms. The average Bonchev–Trinajstić information content (AvgIpc) is 3.20. The first-order valence-corrected chi connectivity index (χ1v) is 13.5. The van der Waals surface area contributed by atoms with E-state index in [2.05, 4.69) is 10.6 Å². The summed E-state index contributed by atoms with van der Waals surface area (Å²) >= 11 is 6.14. The Bertz CT molecular complexity index is 1370. The van der Waals surface area contributed by atoms with Crippen molar-refractivity contribution in [3.05, 3.63) is 64.6 Å². The number of fused-ring (bicyclic) bond motifs is 2. The minimum atomic E-state index is -0.384. The number of hydrogen-bond acceptors (Lipinski definition) is 4. The number of benzene rings is 2. The van der Waals surface area contributed by atoms with E-state index in [0.29, 0.717) is 59.8 Å². The van der Waals surface area contributed by atoms with Crippen LogP contribution in [-0.2, 0) is 11.8 Å². The molecule has 1 atom stereocenters. The van der Waals surface area contributed by atoms with E-state index in [4.69, 9.17) is 16.3 Å². The molecule has 0 aliphatic carbocycles. The van der Waals surface area contributed by atoms with E-state index >= 15 is 0 Å². The third-order valence-electron chi connectivity index (χ3n) is 6.73. The van der Waals surface area contributed by atoms with Gasteiger partial charge in [-0.1, -0.05) is 25.4 Å². The normalized spacial score (nSPS) is 17.6. The summed E-state index contributed by atoms with van der Waals surface area (Å²) < 4.78 is 21.5. The van der Waals surface area contributed by atoms with Gasteiger partial charge in [-0.25, -0.2) is 4.39 Å². The lowest BCUT2D eigenvalue weighted by atomic mass is 10.0. The monoisotopic (exact) mass is 556 g/mol. The highest BCUT2D eigenvalue weighted by Gasteiger charge is 2.25. The van der Waals surface area contributed by atoms with Crippen LogP contribution in [0.3, 0.4) is 0 Å². The minimum Gasteiger partial charge on any atom is -0.491 e. The number of amides is 3. The van der Waals surface area contributed by atoms with Crippen LogP contribution in [0.2, 0.25) is 5.02 Å². The quantitative estimate of drug-likeness (QED) is 0.495. The Morgan fingerprint density at radius 2 is 1.95 bits per heavy atom. The summed E-state index contributed by atoms with van der Waals surface area (Å²) in [6.07, 6.45) is 1.79. The standard InChI is InChI=1S/C29H34ClFN4O4/c1-18(2)12-22-17-39-26-9-6-20(30)15-23(26)28(37)32-10-4-5-11-35(16-27(36)33-22)29(38)25-14-19-13-21(31)7-8-24(19)34(25)3/h6-9,13-15,18,22H,4-5,10-12,16-17H2,1-3H3,(H,32,37)(H,33,36)/t22-/m1/s1. The van der Waals surface area contributed by atoms with Crippen molar-refractivity contribution in [2.45, 2.75) is 39.2 Å². The first kappa shape index (κ1) is 28.4. The van der Waals surface area contributed by atoms with E-state index in [1.54, 1.807) is 41.9 Å². The van der Waals surface area contributed by atoms with Crippen molar-refractivity contribution in [2.24, 2.45) is 13.0 Å². The lowest BCUT2D eigenvalue weighted by Gasteiger charge is -2.25. The summed E-state index contributed by atoms with van der Waals surface area (Å²) in [6.45, 7) is 4.79. The van der Waals surface area contributed by atoms with Crippen molar-refractivity contribution in [2.75, 3.05) is 26.2 Å². The zero-order valence-electron chi connectivity index (χ0n) is 22.4. The first-order valence-electron chi connectivity index (χ1n) is 13.2. The SMILES string of the molecule is CC(C)C[C@@H]1COc2ccc(Cl)cc2C(=O)NCCCCN(C(=O)c2cc3cc(F)ccc3n2C)CC(=O)N1. The van der Waals surface area contributed by atoms with Gasteiger partial charge in [0.1, 0.15) is 23.9 Å². The molecule has 2 aromatic carbocycles. The summed E-state index contributed by atoms with van der Waals surface area (Å²) in [5.74, 6) is -0.658. The Morgan fingerprint density at radius 3 is 2.72 bits per heavy atom. The molecule has 2 N–H and O–H groups in total. The van der Waals surface area contributed by atoms with Crippen molar-refractivity contribution in [1.82, 2.24) is 20.1 Å². The topological polar surface area (TPSA) is 92.7 Å². The summed E-state index contributed by atoms with van der Waals surface area (Å²) in [7, 11) is 1.75. The molecule has 3 amide bonds. The van der Waals surface area contributed by atoms with Crippen LogP contribution in [-0.4, -0.2) is 59.5 Å². The number of aromatic nitrogens is 1. The largest absolute Gasteiger partial charge is 0.491 e. The molecule has 1 aromatic heterocycles. The molecule has 3 aromatic rings. The molecule has 208 valence electrons. The van der Waals surface area contributed by atoms with Gasteiger partial charge in [0.05, 0.1) is 18.2 Å². The molecule has 2 heterocycles. The Balaban J connectivity index is 1.59. The van der Waals surface area contributed by atoms with Crippen LogP contribution in [0.5, 0.6) is 5.75 Å². The molecule has 0 saturated heterocycles. The molecular weight excluding hydrogens is 523 g/mol. The zero-order chi connectivity index (χ0) is 28.1. The van der Waals surface area contributed by atoms with E-state index in [1.165, 1.54) is 17.0 Å². The predicted octanol–water partition coefficient (Wildman–Crippen LogP) is 4.55. The van der Waals surface area contributed by atoms with Gasteiger partial charge in [0.15, 0.2) is 0 Å². The van der Waals surface area contributed by atoms with Crippen LogP contribution >= 0.6 is 11.6 Å². The second-order valence-corrected chi connectivity index (χ2v) is 10.8. The number of hydrogen-bond donors (Lipinski definition) is 2. The van der Waals surface area contributed by atoms with Crippen LogP contribution in [0, 0.1) is 11.7 Å². The second-order valence-electron chi connectivity index (χ2n) is 10.3. The van der Waals surface area contributed by atoms with Crippen LogP contribution in [0.4, 0.5) is 4.39 Å². The number of carbonyl (C=O) groups excluding carboxylic acids is 3. The van der Waals surface area contributed by atoms with Crippen LogP contribution in [0.25, 0.3) is 10.9 Å². The van der Waals surface area contributed by atoms with E-state index < -0.39 is 0 Å². The molecule has 1 aliphatic heterocycles. The number of rotatable bonds is 3. The molecule has 0 spiro atoms. The van der Waals surface area contributed by atoms with E-state index in [0.717, 1.165) is 5.52 Å². The van der Waals surface area contributed by atoms with E-state index in [9.17, 15) is 18.8 Å². The molecular formula is C29H34ClFN4O4. The number of aryl methyl sites for hydroxylation is 1. The zero-order valence-corrected chi connectivity index (χ0v) is 23.2. The van der Waals surface area contributed by atoms with E-state index in [1.807, 2.05) is 13.8 Å². The fraction of sp³-hybridized carbons (Fsp3) is 0.414. The molecule has 0 saturated carbocycles. The van der Waals surface area contributed by atoms with Gasteiger partial charge in [0.2, 0.25) is 5.91 Å². The van der Waals surface area contributed by atoms with Gasteiger partial charge in [-0.2, -0.15) is 0 Å². The number of nitrogens with one attached hydrogen (secondary N) is 2. The predicted molar refractivity (Wildman–Crippen MR) is 149 cm³/mol. The van der Waals surface area contributed by atoms with Gasteiger partial charge in [-0.05, 0) is 67.6 Å². The molecule has 0 unspecified atom stereocenters. The third-order valence-corrected chi connectivity index (χ3v) is 6.97. The Labute approximate surface area is 232 Å². The smallest absolute Gasteiger partial charge is 0.270 e. The number of halogens is 2. The summed E-state index contributed by atoms with van der Waals surface area (Å²) in [6, 6.07) is 10.5. The van der Waals surface area contributed by atoms with Gasteiger partial charge >= 0.3 is 0 Å². The van der Waals surface area contributed by atoms with Gasteiger partial charge in [-0.3, -0.25) is 14.4 Å². The first-order chi connectivity index (χ1) is 18.6. The van der Waals surface area contributed by atoms with Crippen molar-refractivity contribution < 1.29 is 23.5 Å². The Kier molecular flexibility index (Phi) is 9.12. The van der Waals surface area contributed by atoms with Crippen molar-refractivity contribution in [1.29, 1.82) is 0 Å². The highest BCUT2D eigenvalue weighted by molar-refractivity contribution is 6.31. The fourth-order valence-electron chi connectivity index (χ4n) is 4.84. The maximum atomic E-state index is 13.8. The molecule has 0 fully saturated rings. The van der Waals surface area contributed by atoms with Gasteiger partial charge in [0, 0.05) is 36.1 Å². The van der Waals surface area contributed by atoms with Crippen molar-refractivity contribution in [3.63, 3.8) is 0 Å². The van der Waals surface area contributed by atoms with Crippen LogP contribution < -0.4 is 15.4 Å². The average molecular weight is 557 g/mol. The third kappa shape index (κ3) is 7.09. The lowest BCUT2D eigenvalue weighted by Crippen LogP contribution is -2.47. The Morgan fingerprint density at radius 1 is 1.15 bits per heavy atom. The number of nitrogens with zero attached hydrogens (tertiary/aromatic N) is 2. The number of ether oxygens (including phenoxy) is 1. The van der Waals surface area contributed by atoms with Gasteiger partial charge in [-0.15, -0.1) is 0 Å². The molecule has 1 aliphatic rings. The highest BCUT2D eigenvalue weighted by Crippen LogP contribution is 2.24.